The van der Waals surface area contributed by atoms with Gasteiger partial charge in [0.05, 0.1) is 17.2 Å². The van der Waals surface area contributed by atoms with Crippen molar-refractivity contribution in [3.63, 3.8) is 0 Å². The van der Waals surface area contributed by atoms with Crippen molar-refractivity contribution in [2.75, 3.05) is 48.4 Å². The quantitative estimate of drug-likeness (QED) is 0.172. The van der Waals surface area contributed by atoms with E-state index in [-0.39, 0.29) is 41.2 Å². The summed E-state index contributed by atoms with van der Waals surface area (Å²) in [5, 5.41) is 16.1. The van der Waals surface area contributed by atoms with E-state index in [9.17, 15) is 23.5 Å². The molecule has 2 aromatic heterocycles. The highest BCUT2D eigenvalue weighted by molar-refractivity contribution is 7.17. The van der Waals surface area contributed by atoms with Crippen molar-refractivity contribution in [1.82, 2.24) is 9.88 Å². The van der Waals surface area contributed by atoms with Crippen LogP contribution in [0.5, 0.6) is 0 Å². The third-order valence-electron chi connectivity index (χ3n) is 10.7. The minimum Gasteiger partial charge on any atom is -0.381 e. The molecule has 2 atom stereocenters. The number of carbonyl (C=O) groups excluding carboxylic acids is 2. The number of allylic oxidation sites excluding steroid dienone is 2. The zero-order valence-corrected chi connectivity index (χ0v) is 29.8. The molecule has 0 radical (unpaired) electrons. The first-order valence-electron chi connectivity index (χ1n) is 17.7. The molecule has 274 valence electrons. The smallest absolute Gasteiger partial charge is 0.259 e. The molecule has 4 aliphatic rings. The second-order valence-corrected chi connectivity index (χ2v) is 15.1. The van der Waals surface area contributed by atoms with Gasteiger partial charge in [-0.2, -0.15) is 0 Å². The number of aliphatic hydroxyl groups excluding tert-OH is 1. The minimum absolute atomic E-state index is 0.0431. The Morgan fingerprint density at radius 3 is 2.51 bits per heavy atom. The van der Waals surface area contributed by atoms with Crippen LogP contribution in [0.3, 0.4) is 0 Å². The molecule has 0 saturated carbocycles. The molecule has 3 aliphatic heterocycles. The number of ether oxygens (including phenoxy) is 1. The number of amides is 2. The fourth-order valence-corrected chi connectivity index (χ4v) is 9.01. The molecule has 2 saturated heterocycles. The third-order valence-corrected chi connectivity index (χ3v) is 11.9. The van der Waals surface area contributed by atoms with E-state index in [1.807, 2.05) is 31.2 Å². The second kappa shape index (κ2) is 14.1. The van der Waals surface area contributed by atoms with E-state index in [2.05, 4.69) is 15.5 Å². The highest BCUT2D eigenvalue weighted by Gasteiger charge is 2.45. The van der Waals surface area contributed by atoms with Gasteiger partial charge in [-0.3, -0.25) is 9.59 Å². The Hall–Kier alpha value is -4.98. The van der Waals surface area contributed by atoms with E-state index in [0.717, 1.165) is 73.9 Å². The molecule has 1 spiro atoms. The Bertz CT molecular complexity index is 2120. The average molecular weight is 742 g/mol. The molecule has 1 aliphatic carbocycles. The highest BCUT2D eigenvalue weighted by Crippen LogP contribution is 2.45. The summed E-state index contributed by atoms with van der Waals surface area (Å²) in [6.45, 7) is 5.32. The number of nitrogens with one attached hydrogen (secondary N) is 2. The SMILES string of the molecule is Cc1ccc(C(=O)Nc2ccc(C(=O)N3CCc4c(sc(NC(O)c5c(F)cccc5F)c4F)C4=CC=CCC43)cc2)c(N2CC3(CCOCC3)C2)n1. The normalized spacial score (nSPS) is 19.4. The van der Waals surface area contributed by atoms with Gasteiger partial charge in [0.15, 0.2) is 12.0 Å². The molecule has 4 aromatic rings. The standard InChI is InChI=1S/C40H38F3N5O4S/c1-23-9-14-28(35(44-23)47-21-40(22-47)16-19-52-20-17-40)36(49)45-25-12-10-24(11-13-25)39(51)48-18-15-27-33(43)38(53-34(27)26-5-2-3-8-31(26)48)46-37(50)32-29(41)6-4-7-30(32)42/h2-7,9-14,31,37,46,50H,8,15-22H2,1H3,(H,45,49). The Morgan fingerprint density at radius 2 is 1.77 bits per heavy atom. The number of aryl methyl sites for hydroxylation is 1. The highest BCUT2D eigenvalue weighted by atomic mass is 32.1. The van der Waals surface area contributed by atoms with Gasteiger partial charge in [0.1, 0.15) is 22.5 Å². The summed E-state index contributed by atoms with van der Waals surface area (Å²) < 4.78 is 50.1. The molecule has 5 heterocycles. The molecule has 9 nitrogen and oxygen atoms in total. The molecule has 0 bridgehead atoms. The summed E-state index contributed by atoms with van der Waals surface area (Å²) in [5.41, 5.74) is 2.99. The largest absolute Gasteiger partial charge is 0.381 e. The van der Waals surface area contributed by atoms with Crippen LogP contribution in [0.25, 0.3) is 5.57 Å². The number of pyridine rings is 1. The number of aromatic nitrogens is 1. The molecule has 53 heavy (non-hydrogen) atoms. The van der Waals surface area contributed by atoms with Crippen molar-refractivity contribution in [3.05, 3.63) is 123 Å². The van der Waals surface area contributed by atoms with Gasteiger partial charge in [0.2, 0.25) is 0 Å². The number of fused-ring (bicyclic) bond motifs is 3. The number of hydrogen-bond donors (Lipinski definition) is 3. The van der Waals surface area contributed by atoms with Crippen LogP contribution in [0.2, 0.25) is 0 Å². The number of carbonyl (C=O) groups is 2. The molecular formula is C40H38F3N5O4S. The monoisotopic (exact) mass is 741 g/mol. The molecule has 2 amide bonds. The van der Waals surface area contributed by atoms with E-state index in [0.29, 0.717) is 39.5 Å². The number of hydrogen-bond acceptors (Lipinski definition) is 8. The van der Waals surface area contributed by atoms with Gasteiger partial charge in [0.25, 0.3) is 11.8 Å². The van der Waals surface area contributed by atoms with Crippen LogP contribution in [0, 0.1) is 29.8 Å². The van der Waals surface area contributed by atoms with E-state index in [1.54, 1.807) is 35.2 Å². The first kappa shape index (κ1) is 35.1. The summed E-state index contributed by atoms with van der Waals surface area (Å²) in [7, 11) is 0. The maximum Gasteiger partial charge on any atom is 0.259 e. The lowest BCUT2D eigenvalue weighted by molar-refractivity contribution is -0.000519. The summed E-state index contributed by atoms with van der Waals surface area (Å²) in [5.74, 6) is -2.38. The number of thiophene rings is 1. The first-order valence-corrected chi connectivity index (χ1v) is 18.5. The lowest BCUT2D eigenvalue weighted by Gasteiger charge is -2.53. The van der Waals surface area contributed by atoms with E-state index < -0.39 is 29.2 Å². The van der Waals surface area contributed by atoms with E-state index in [1.165, 1.54) is 6.07 Å². The predicted octanol–water partition coefficient (Wildman–Crippen LogP) is 7.25. The number of anilines is 3. The van der Waals surface area contributed by atoms with Crippen LogP contribution in [0.4, 0.5) is 29.7 Å². The van der Waals surface area contributed by atoms with Gasteiger partial charge >= 0.3 is 0 Å². The van der Waals surface area contributed by atoms with Crippen molar-refractivity contribution in [3.8, 4) is 0 Å². The Labute approximate surface area is 308 Å². The summed E-state index contributed by atoms with van der Waals surface area (Å²) in [6.07, 6.45) is 6.55. The predicted molar refractivity (Wildman–Crippen MR) is 198 cm³/mol. The lowest BCUT2D eigenvalue weighted by Crippen LogP contribution is -2.59. The molecule has 3 N–H and O–H groups in total. The molecule has 8 rings (SSSR count). The maximum absolute atomic E-state index is 15.9. The minimum atomic E-state index is -1.81. The van der Waals surface area contributed by atoms with Crippen LogP contribution in [-0.4, -0.2) is 65.7 Å². The lowest BCUT2D eigenvalue weighted by atomic mass is 9.73. The van der Waals surface area contributed by atoms with Crippen LogP contribution in [-0.2, 0) is 11.2 Å². The second-order valence-electron chi connectivity index (χ2n) is 14.1. The summed E-state index contributed by atoms with van der Waals surface area (Å²) in [4.78, 5) is 36.8. The van der Waals surface area contributed by atoms with Gasteiger partial charge in [-0.05, 0) is 86.7 Å². The molecule has 2 unspecified atom stereocenters. The molecule has 2 fully saturated rings. The molecular weight excluding hydrogens is 704 g/mol. The van der Waals surface area contributed by atoms with E-state index in [4.69, 9.17) is 9.72 Å². The number of nitrogens with zero attached hydrogens (tertiary/aromatic N) is 3. The van der Waals surface area contributed by atoms with Crippen LogP contribution in [0.15, 0.2) is 72.8 Å². The zero-order valence-electron chi connectivity index (χ0n) is 29.0. The zero-order chi connectivity index (χ0) is 36.9. The molecule has 13 heteroatoms. The number of halogens is 3. The Morgan fingerprint density at radius 1 is 1.04 bits per heavy atom. The Kier molecular flexibility index (Phi) is 9.33. The van der Waals surface area contributed by atoms with Gasteiger partial charge in [-0.1, -0.05) is 24.3 Å². The first-order chi connectivity index (χ1) is 25.6. The van der Waals surface area contributed by atoms with E-state index >= 15 is 4.39 Å². The van der Waals surface area contributed by atoms with Crippen molar-refractivity contribution in [2.24, 2.45) is 5.41 Å². The summed E-state index contributed by atoms with van der Waals surface area (Å²) in [6, 6.07) is 13.2. The topological polar surface area (TPSA) is 107 Å². The maximum atomic E-state index is 15.9. The van der Waals surface area contributed by atoms with Gasteiger partial charge in [-0.15, -0.1) is 11.3 Å². The molecule has 2 aromatic carbocycles. The van der Waals surface area contributed by atoms with Gasteiger partial charge in [-0.25, -0.2) is 18.2 Å². The van der Waals surface area contributed by atoms with Crippen LogP contribution >= 0.6 is 11.3 Å². The number of aliphatic hydroxyl groups is 1. The number of benzene rings is 2. The van der Waals surface area contributed by atoms with Gasteiger partial charge in [0, 0.05) is 65.6 Å². The van der Waals surface area contributed by atoms with Crippen molar-refractivity contribution in [2.45, 2.75) is 44.9 Å². The van der Waals surface area contributed by atoms with Crippen molar-refractivity contribution < 1.29 is 32.6 Å². The fourth-order valence-electron chi connectivity index (χ4n) is 7.79. The number of rotatable bonds is 7. The van der Waals surface area contributed by atoms with Crippen molar-refractivity contribution in [1.29, 1.82) is 0 Å². The third kappa shape index (κ3) is 6.62. The van der Waals surface area contributed by atoms with Crippen molar-refractivity contribution >= 4 is 45.2 Å². The van der Waals surface area contributed by atoms with Crippen LogP contribution in [0.1, 0.15) is 67.9 Å². The summed E-state index contributed by atoms with van der Waals surface area (Å²) >= 11 is 1.04. The fraction of sp³-hybridized carbons (Fsp3) is 0.325. The Balaban J connectivity index is 0.966. The average Bonchev–Trinajstić information content (AvgIpc) is 3.34. The van der Waals surface area contributed by atoms with Crippen LogP contribution < -0.4 is 15.5 Å². The van der Waals surface area contributed by atoms with Gasteiger partial charge < -0.3 is 30.3 Å².